The summed E-state index contributed by atoms with van der Waals surface area (Å²) < 4.78 is 15.8. The van der Waals surface area contributed by atoms with Crippen molar-refractivity contribution in [3.05, 3.63) is 11.6 Å². The minimum atomic E-state index is -0.546. The molecule has 2 aromatic heterocycles. The highest BCUT2D eigenvalue weighted by Gasteiger charge is 2.39. The van der Waals surface area contributed by atoms with Crippen molar-refractivity contribution in [2.75, 3.05) is 0 Å². The Hall–Kier alpha value is -2.04. The van der Waals surface area contributed by atoms with Gasteiger partial charge in [-0.15, -0.1) is 0 Å². The second-order valence-corrected chi connectivity index (χ2v) is 5.06. The summed E-state index contributed by atoms with van der Waals surface area (Å²) in [5.41, 5.74) is 0.611. The van der Waals surface area contributed by atoms with Crippen LogP contribution >= 0.6 is 0 Å². The Bertz CT molecular complexity index is 662. The van der Waals surface area contributed by atoms with Crippen molar-refractivity contribution in [2.24, 2.45) is 5.41 Å². The highest BCUT2D eigenvalue weighted by molar-refractivity contribution is 6.10. The molecule has 1 aliphatic rings. The Balaban J connectivity index is 1.93. The average Bonchev–Trinajstić information content (AvgIpc) is 3.02. The number of ether oxygens (including phenoxy) is 2. The van der Waals surface area contributed by atoms with Gasteiger partial charge in [0.25, 0.3) is 0 Å². The molecule has 5 nitrogen and oxygen atoms in total. The lowest BCUT2D eigenvalue weighted by molar-refractivity contribution is -0.145. The van der Waals surface area contributed by atoms with Crippen LogP contribution in [0.1, 0.15) is 44.0 Å². The molecular formula is C14H14O5. The van der Waals surface area contributed by atoms with Crippen LogP contribution in [0.5, 0.6) is 11.5 Å². The summed E-state index contributed by atoms with van der Waals surface area (Å²) in [6.07, 6.45) is 1.36. The molecule has 0 spiro atoms. The Labute approximate surface area is 109 Å². The van der Waals surface area contributed by atoms with Crippen molar-refractivity contribution in [1.29, 1.82) is 0 Å². The van der Waals surface area contributed by atoms with E-state index in [-0.39, 0.29) is 17.5 Å². The number of esters is 2. The first-order valence-corrected chi connectivity index (χ1v) is 6.33. The molecule has 2 aromatic rings. The largest absolute Gasteiger partial charge is 0.448 e. The molecule has 3 rings (SSSR count). The number of furan rings is 2. The molecule has 0 radical (unpaired) electrons. The van der Waals surface area contributed by atoms with Crippen LogP contribution < -0.4 is 9.47 Å². The molecule has 0 unspecified atom stereocenters. The smallest absolute Gasteiger partial charge is 0.347 e. The van der Waals surface area contributed by atoms with Crippen molar-refractivity contribution >= 4 is 23.1 Å². The second kappa shape index (κ2) is 3.73. The molecule has 2 bridgehead atoms. The van der Waals surface area contributed by atoms with Crippen LogP contribution in [-0.4, -0.2) is 11.9 Å². The highest BCUT2D eigenvalue weighted by atomic mass is 16.6. The normalized spacial score (nSPS) is 14.2. The fourth-order valence-corrected chi connectivity index (χ4v) is 2.13. The Morgan fingerprint density at radius 3 is 2.68 bits per heavy atom. The van der Waals surface area contributed by atoms with E-state index in [1.807, 2.05) is 20.8 Å². The van der Waals surface area contributed by atoms with Gasteiger partial charge in [0, 0.05) is 6.07 Å². The van der Waals surface area contributed by atoms with Crippen LogP contribution in [-0.2, 0) is 4.79 Å². The zero-order valence-corrected chi connectivity index (χ0v) is 11.0. The SMILES string of the molecule is CCC(C)(CC)C(=O)Oc1c2c3oc1cc3C(=O)O2. The van der Waals surface area contributed by atoms with Crippen molar-refractivity contribution < 1.29 is 23.5 Å². The zero-order valence-electron chi connectivity index (χ0n) is 11.0. The molecule has 0 amide bonds. The lowest BCUT2D eigenvalue weighted by atomic mass is 9.85. The molecule has 19 heavy (non-hydrogen) atoms. The summed E-state index contributed by atoms with van der Waals surface area (Å²) in [7, 11) is 0. The van der Waals surface area contributed by atoms with Crippen LogP contribution in [0.15, 0.2) is 10.5 Å². The molecule has 0 saturated carbocycles. The Kier molecular flexibility index (Phi) is 2.36. The van der Waals surface area contributed by atoms with Crippen LogP contribution in [0.2, 0.25) is 0 Å². The molecule has 0 saturated heterocycles. The van der Waals surface area contributed by atoms with Crippen molar-refractivity contribution in [1.82, 2.24) is 0 Å². The van der Waals surface area contributed by atoms with Gasteiger partial charge in [-0.3, -0.25) is 4.79 Å². The molecule has 0 N–H and O–H groups in total. The van der Waals surface area contributed by atoms with Gasteiger partial charge in [0.1, 0.15) is 5.56 Å². The lowest BCUT2D eigenvalue weighted by Gasteiger charge is -2.23. The van der Waals surface area contributed by atoms with E-state index >= 15 is 0 Å². The lowest BCUT2D eigenvalue weighted by Crippen LogP contribution is -2.30. The summed E-state index contributed by atoms with van der Waals surface area (Å²) >= 11 is 0. The maximum Gasteiger partial charge on any atom is 0.347 e. The van der Waals surface area contributed by atoms with Crippen LogP contribution in [0.3, 0.4) is 0 Å². The number of hydrogen-bond acceptors (Lipinski definition) is 5. The first kappa shape index (κ1) is 12.0. The van der Waals surface area contributed by atoms with Crippen molar-refractivity contribution in [3.63, 3.8) is 0 Å². The third-order valence-corrected chi connectivity index (χ3v) is 4.03. The third kappa shape index (κ3) is 1.47. The molecule has 100 valence electrons. The van der Waals surface area contributed by atoms with Crippen LogP contribution in [0, 0.1) is 5.41 Å². The van der Waals surface area contributed by atoms with E-state index < -0.39 is 11.4 Å². The molecule has 0 atom stereocenters. The number of hydrogen-bond donors (Lipinski definition) is 0. The first-order valence-electron chi connectivity index (χ1n) is 6.33. The third-order valence-electron chi connectivity index (χ3n) is 4.03. The predicted molar refractivity (Wildman–Crippen MR) is 66.7 cm³/mol. The first-order chi connectivity index (χ1) is 9.00. The summed E-state index contributed by atoms with van der Waals surface area (Å²) in [6, 6.07) is 1.55. The summed E-state index contributed by atoms with van der Waals surface area (Å²) in [5.74, 6) is -0.329. The standard InChI is InChI=1S/C14H14O5/c1-4-14(3,5-2)13(16)19-10-8-6-7-9(17-8)11(10)18-12(7)15/h6H,4-5H2,1-3H3. The minimum absolute atomic E-state index is 0.225. The summed E-state index contributed by atoms with van der Waals surface area (Å²) in [4.78, 5) is 23.7. The van der Waals surface area contributed by atoms with Gasteiger partial charge in [-0.05, 0) is 19.8 Å². The van der Waals surface area contributed by atoms with Gasteiger partial charge in [-0.25, -0.2) is 4.79 Å². The van der Waals surface area contributed by atoms with E-state index in [1.54, 1.807) is 6.07 Å². The molecule has 0 aromatic carbocycles. The van der Waals surface area contributed by atoms with Crippen LogP contribution in [0.25, 0.3) is 11.2 Å². The topological polar surface area (TPSA) is 65.7 Å². The quantitative estimate of drug-likeness (QED) is 0.625. The molecule has 0 fully saturated rings. The van der Waals surface area contributed by atoms with E-state index in [9.17, 15) is 9.59 Å². The molecule has 5 heteroatoms. The number of carbonyl (C=O) groups is 2. The summed E-state index contributed by atoms with van der Waals surface area (Å²) in [6.45, 7) is 5.74. The van der Waals surface area contributed by atoms with E-state index in [4.69, 9.17) is 13.9 Å². The minimum Gasteiger partial charge on any atom is -0.448 e. The number of fused-ring (bicyclic) bond motifs is 1. The molecule has 3 heterocycles. The van der Waals surface area contributed by atoms with Gasteiger partial charge in [0.05, 0.1) is 5.41 Å². The predicted octanol–water partition coefficient (Wildman–Crippen LogP) is 3.13. The fraction of sp³-hybridized carbons (Fsp3) is 0.429. The molecular weight excluding hydrogens is 248 g/mol. The second-order valence-electron chi connectivity index (χ2n) is 5.06. The molecule has 0 aliphatic carbocycles. The van der Waals surface area contributed by atoms with Crippen LogP contribution in [0.4, 0.5) is 0 Å². The van der Waals surface area contributed by atoms with E-state index in [2.05, 4.69) is 0 Å². The number of carbonyl (C=O) groups excluding carboxylic acids is 2. The number of benzene rings is 1. The van der Waals surface area contributed by atoms with Gasteiger partial charge in [-0.2, -0.15) is 0 Å². The Morgan fingerprint density at radius 1 is 1.37 bits per heavy atom. The van der Waals surface area contributed by atoms with Crippen molar-refractivity contribution in [3.8, 4) is 11.5 Å². The van der Waals surface area contributed by atoms with Gasteiger partial charge in [0.15, 0.2) is 11.2 Å². The molecule has 1 aliphatic heterocycles. The van der Waals surface area contributed by atoms with E-state index in [0.29, 0.717) is 29.6 Å². The highest BCUT2D eigenvalue weighted by Crippen LogP contribution is 2.49. The van der Waals surface area contributed by atoms with Gasteiger partial charge >= 0.3 is 11.9 Å². The summed E-state index contributed by atoms with van der Waals surface area (Å²) in [5, 5.41) is 0. The van der Waals surface area contributed by atoms with E-state index in [0.717, 1.165) is 0 Å². The Morgan fingerprint density at radius 2 is 2.05 bits per heavy atom. The van der Waals surface area contributed by atoms with Crippen molar-refractivity contribution in [2.45, 2.75) is 33.6 Å². The fourth-order valence-electron chi connectivity index (χ4n) is 2.13. The maximum absolute atomic E-state index is 12.2. The van der Waals surface area contributed by atoms with E-state index in [1.165, 1.54) is 0 Å². The van der Waals surface area contributed by atoms with Gasteiger partial charge in [-0.1, -0.05) is 13.8 Å². The maximum atomic E-state index is 12.2. The van der Waals surface area contributed by atoms with Gasteiger partial charge in [0.2, 0.25) is 11.5 Å². The van der Waals surface area contributed by atoms with Gasteiger partial charge < -0.3 is 13.9 Å². The average molecular weight is 262 g/mol. The zero-order chi connectivity index (χ0) is 13.8. The monoisotopic (exact) mass is 262 g/mol. The number of rotatable bonds is 4.